The van der Waals surface area contributed by atoms with E-state index in [4.69, 9.17) is 10.3 Å². The molecule has 0 rings (SSSR count). The molecule has 0 aliphatic rings. The quantitative estimate of drug-likeness (QED) is 0.619. The van der Waals surface area contributed by atoms with Gasteiger partial charge in [0.15, 0.2) is 0 Å². The molecule has 0 aromatic rings. The van der Waals surface area contributed by atoms with Gasteiger partial charge in [-0.05, 0) is 11.8 Å². The van der Waals surface area contributed by atoms with Gasteiger partial charge in [-0.2, -0.15) is 8.42 Å². The van der Waals surface area contributed by atoms with Crippen molar-refractivity contribution >= 4 is 10.1 Å². The lowest BCUT2D eigenvalue weighted by atomic mass is 9.98. The van der Waals surface area contributed by atoms with Crippen molar-refractivity contribution < 1.29 is 13.0 Å². The molecule has 68 valence electrons. The molecule has 5 heteroatoms. The lowest BCUT2D eigenvalue weighted by Crippen LogP contribution is -2.38. The Morgan fingerprint density at radius 3 is 1.73 bits per heavy atom. The molecule has 0 aromatic carbocycles. The second-order valence-electron chi connectivity index (χ2n) is 3.08. The third kappa shape index (κ3) is 3.18. The molecule has 0 bridgehead atoms. The molecular formula is C6H15NO3S. The normalized spacial score (nSPS) is 18.4. The van der Waals surface area contributed by atoms with Crippen molar-refractivity contribution in [3.8, 4) is 0 Å². The summed E-state index contributed by atoms with van der Waals surface area (Å²) in [5.41, 5.74) is 5.26. The third-order valence-electron chi connectivity index (χ3n) is 1.91. The maximum Gasteiger partial charge on any atom is 0.281 e. The third-order valence-corrected chi connectivity index (χ3v) is 3.03. The molecule has 3 N–H and O–H groups in total. The molecule has 4 nitrogen and oxygen atoms in total. The van der Waals surface area contributed by atoms with Crippen LogP contribution < -0.4 is 5.73 Å². The Morgan fingerprint density at radius 1 is 1.27 bits per heavy atom. The van der Waals surface area contributed by atoms with Crippen molar-refractivity contribution in [2.24, 2.45) is 17.6 Å². The lowest BCUT2D eigenvalue weighted by Gasteiger charge is -2.20. The Morgan fingerprint density at radius 2 is 1.64 bits per heavy atom. The number of rotatable bonds is 3. The highest BCUT2D eigenvalue weighted by Gasteiger charge is 2.26. The summed E-state index contributed by atoms with van der Waals surface area (Å²) >= 11 is 0. The van der Waals surface area contributed by atoms with Crippen LogP contribution in [0.5, 0.6) is 0 Å². The largest absolute Gasteiger partial charge is 0.313 e. The minimum atomic E-state index is -4.07. The fourth-order valence-electron chi connectivity index (χ4n) is 0.651. The minimum absolute atomic E-state index is 0.145. The Balaban J connectivity index is 4.38. The van der Waals surface area contributed by atoms with Crippen molar-refractivity contribution in [3.63, 3.8) is 0 Å². The molecule has 0 aliphatic carbocycles. The molecule has 0 amide bonds. The van der Waals surface area contributed by atoms with Crippen molar-refractivity contribution in [2.45, 2.75) is 26.1 Å². The number of nitrogens with two attached hydrogens (primary N) is 1. The highest BCUT2D eigenvalue weighted by Crippen LogP contribution is 2.15. The second-order valence-corrected chi connectivity index (χ2v) is 4.66. The molecule has 0 fully saturated rings. The second kappa shape index (κ2) is 3.51. The zero-order valence-corrected chi connectivity index (χ0v) is 7.80. The molecule has 0 aromatic heterocycles. The SMILES string of the molecule is CC(C)C(C)C(N)S(=O)(=O)O. The topological polar surface area (TPSA) is 80.4 Å². The predicted molar refractivity (Wildman–Crippen MR) is 43.5 cm³/mol. The fraction of sp³-hybridized carbons (Fsp3) is 1.00. The first-order valence-electron chi connectivity index (χ1n) is 3.48. The van der Waals surface area contributed by atoms with Gasteiger partial charge in [-0.25, -0.2) is 0 Å². The van der Waals surface area contributed by atoms with Crippen LogP contribution in [-0.2, 0) is 10.1 Å². The first-order chi connectivity index (χ1) is 4.76. The summed E-state index contributed by atoms with van der Waals surface area (Å²) in [4.78, 5) is 0. The van der Waals surface area contributed by atoms with E-state index in [0.717, 1.165) is 0 Å². The van der Waals surface area contributed by atoms with E-state index in [1.54, 1.807) is 6.92 Å². The van der Waals surface area contributed by atoms with Crippen LogP contribution in [0.4, 0.5) is 0 Å². The van der Waals surface area contributed by atoms with Crippen LogP contribution in [0.25, 0.3) is 0 Å². The molecule has 0 aliphatic heterocycles. The van der Waals surface area contributed by atoms with E-state index in [1.807, 2.05) is 13.8 Å². The Hall–Kier alpha value is -0.130. The monoisotopic (exact) mass is 181 g/mol. The van der Waals surface area contributed by atoms with E-state index in [1.165, 1.54) is 0 Å². The molecule has 0 spiro atoms. The summed E-state index contributed by atoms with van der Waals surface area (Å²) in [6.45, 7) is 5.41. The van der Waals surface area contributed by atoms with Gasteiger partial charge < -0.3 is 5.73 Å². The van der Waals surface area contributed by atoms with Gasteiger partial charge in [0.25, 0.3) is 10.1 Å². The van der Waals surface area contributed by atoms with E-state index in [2.05, 4.69) is 0 Å². The molecule has 2 unspecified atom stereocenters. The summed E-state index contributed by atoms with van der Waals surface area (Å²) in [6, 6.07) is 0. The van der Waals surface area contributed by atoms with E-state index in [0.29, 0.717) is 0 Å². The van der Waals surface area contributed by atoms with Gasteiger partial charge in [-0.3, -0.25) is 4.55 Å². The van der Waals surface area contributed by atoms with Crippen LogP contribution in [0.2, 0.25) is 0 Å². The molecule has 0 radical (unpaired) electrons. The molecule has 0 heterocycles. The molecule has 11 heavy (non-hydrogen) atoms. The summed E-state index contributed by atoms with van der Waals surface area (Å²) in [6.07, 6.45) is 0. The van der Waals surface area contributed by atoms with Crippen LogP contribution in [0.3, 0.4) is 0 Å². The zero-order valence-electron chi connectivity index (χ0n) is 6.98. The predicted octanol–water partition coefficient (Wildman–Crippen LogP) is 0.451. The maximum absolute atomic E-state index is 10.5. The average Bonchev–Trinajstić information content (AvgIpc) is 1.82. The molecule has 0 saturated heterocycles. The Labute approximate surface area is 67.5 Å². The molecule has 0 saturated carbocycles. The van der Waals surface area contributed by atoms with E-state index >= 15 is 0 Å². The first kappa shape index (κ1) is 10.9. The Kier molecular flexibility index (Phi) is 3.47. The molecule has 2 atom stereocenters. The summed E-state index contributed by atoms with van der Waals surface area (Å²) in [5.74, 6) is -0.0862. The summed E-state index contributed by atoms with van der Waals surface area (Å²) in [5, 5.41) is -1.16. The van der Waals surface area contributed by atoms with Crippen molar-refractivity contribution in [3.05, 3.63) is 0 Å². The smallest absolute Gasteiger partial charge is 0.281 e. The maximum atomic E-state index is 10.5. The van der Waals surface area contributed by atoms with Gasteiger partial charge >= 0.3 is 0 Å². The minimum Gasteiger partial charge on any atom is -0.313 e. The standard InChI is InChI=1S/C6H15NO3S/c1-4(2)5(3)6(7)11(8,9)10/h4-6H,7H2,1-3H3,(H,8,9,10). The first-order valence-corrected chi connectivity index (χ1v) is 4.99. The van der Waals surface area contributed by atoms with Gasteiger partial charge in [0.05, 0.1) is 0 Å². The van der Waals surface area contributed by atoms with Gasteiger partial charge in [0, 0.05) is 0 Å². The lowest BCUT2D eigenvalue weighted by molar-refractivity contribution is 0.370. The van der Waals surface area contributed by atoms with Crippen LogP contribution in [-0.4, -0.2) is 18.3 Å². The zero-order chi connectivity index (χ0) is 9.23. The number of hydrogen-bond acceptors (Lipinski definition) is 3. The van der Waals surface area contributed by atoms with E-state index in [-0.39, 0.29) is 11.8 Å². The van der Waals surface area contributed by atoms with Gasteiger partial charge in [0.2, 0.25) is 0 Å². The summed E-state index contributed by atoms with van der Waals surface area (Å²) in [7, 11) is -4.07. The van der Waals surface area contributed by atoms with Crippen LogP contribution >= 0.6 is 0 Å². The van der Waals surface area contributed by atoms with Crippen molar-refractivity contribution in [2.75, 3.05) is 0 Å². The van der Waals surface area contributed by atoms with Crippen LogP contribution in [0.1, 0.15) is 20.8 Å². The summed E-state index contributed by atoms with van der Waals surface area (Å²) < 4.78 is 29.6. The highest BCUT2D eigenvalue weighted by molar-refractivity contribution is 7.86. The van der Waals surface area contributed by atoms with Crippen LogP contribution in [0, 0.1) is 11.8 Å². The molecular weight excluding hydrogens is 166 g/mol. The van der Waals surface area contributed by atoms with Gasteiger partial charge in [-0.15, -0.1) is 0 Å². The number of hydrogen-bond donors (Lipinski definition) is 2. The van der Waals surface area contributed by atoms with Crippen LogP contribution in [0.15, 0.2) is 0 Å². The van der Waals surface area contributed by atoms with Gasteiger partial charge in [0.1, 0.15) is 5.37 Å². The Bertz CT molecular complexity index is 210. The van der Waals surface area contributed by atoms with E-state index in [9.17, 15) is 8.42 Å². The van der Waals surface area contributed by atoms with Crippen molar-refractivity contribution in [1.29, 1.82) is 0 Å². The van der Waals surface area contributed by atoms with E-state index < -0.39 is 15.5 Å². The average molecular weight is 181 g/mol. The highest BCUT2D eigenvalue weighted by atomic mass is 32.2. The van der Waals surface area contributed by atoms with Crippen molar-refractivity contribution in [1.82, 2.24) is 0 Å². The van der Waals surface area contributed by atoms with Gasteiger partial charge in [-0.1, -0.05) is 20.8 Å². The fourth-order valence-corrected chi connectivity index (χ4v) is 1.51.